The second-order valence-corrected chi connectivity index (χ2v) is 6.17. The number of methoxy groups -OCH3 is 1. The van der Waals surface area contributed by atoms with Crippen LogP contribution in [-0.2, 0) is 16.1 Å². The summed E-state index contributed by atoms with van der Waals surface area (Å²) in [7, 11) is 1.29. The third kappa shape index (κ3) is 5.80. The molecular weight excluding hydrogens is 365 g/mol. The second kappa shape index (κ2) is 9.50. The van der Waals surface area contributed by atoms with Crippen LogP contribution in [0.25, 0.3) is 0 Å². The quantitative estimate of drug-likeness (QED) is 0.664. The first-order chi connectivity index (χ1) is 13.3. The van der Waals surface area contributed by atoms with Crippen LogP contribution in [0.15, 0.2) is 36.4 Å². The molecule has 8 heteroatoms. The van der Waals surface area contributed by atoms with E-state index < -0.39 is 17.9 Å². The predicted octanol–water partition coefficient (Wildman–Crippen LogP) is 2.67. The summed E-state index contributed by atoms with van der Waals surface area (Å²) in [5.41, 5.74) is 3.11. The molecule has 0 bridgehead atoms. The summed E-state index contributed by atoms with van der Waals surface area (Å²) >= 11 is 0. The standard InChI is InChI=1S/C20H22FN3O4/c1-12-8-16(9-17(13(12)2)19(26)28-3)24-18(25)11-23-20(27)22-10-14-4-6-15(21)7-5-14/h4-9H,10-11H2,1-3H3,(H,24,25)(H2,22,23,27). The van der Waals surface area contributed by atoms with E-state index in [9.17, 15) is 18.8 Å². The lowest BCUT2D eigenvalue weighted by molar-refractivity contribution is -0.115. The number of benzene rings is 2. The van der Waals surface area contributed by atoms with E-state index in [0.29, 0.717) is 11.3 Å². The summed E-state index contributed by atoms with van der Waals surface area (Å²) in [6.45, 7) is 3.56. The first-order valence-electron chi connectivity index (χ1n) is 8.55. The Kier molecular flexibility index (Phi) is 7.08. The highest BCUT2D eigenvalue weighted by molar-refractivity contribution is 5.97. The minimum atomic E-state index is -0.533. The molecule has 0 saturated heterocycles. The van der Waals surface area contributed by atoms with Crippen molar-refractivity contribution in [1.82, 2.24) is 10.6 Å². The van der Waals surface area contributed by atoms with Crippen LogP contribution in [0.2, 0.25) is 0 Å². The van der Waals surface area contributed by atoms with E-state index in [2.05, 4.69) is 16.0 Å². The molecule has 0 radical (unpaired) electrons. The van der Waals surface area contributed by atoms with Crippen LogP contribution in [0.1, 0.15) is 27.0 Å². The van der Waals surface area contributed by atoms with Gasteiger partial charge in [0.15, 0.2) is 0 Å². The number of aryl methyl sites for hydroxylation is 1. The van der Waals surface area contributed by atoms with Crippen LogP contribution >= 0.6 is 0 Å². The number of hydrogen-bond donors (Lipinski definition) is 3. The monoisotopic (exact) mass is 387 g/mol. The lowest BCUT2D eigenvalue weighted by Crippen LogP contribution is -2.39. The van der Waals surface area contributed by atoms with Crippen LogP contribution < -0.4 is 16.0 Å². The Hall–Kier alpha value is -3.42. The fourth-order valence-corrected chi connectivity index (χ4v) is 2.47. The maximum atomic E-state index is 12.8. The number of amides is 3. The summed E-state index contributed by atoms with van der Waals surface area (Å²) in [5.74, 6) is -1.29. The number of anilines is 1. The largest absolute Gasteiger partial charge is 0.465 e. The zero-order valence-electron chi connectivity index (χ0n) is 15.9. The summed E-state index contributed by atoms with van der Waals surface area (Å²) < 4.78 is 17.6. The molecule has 0 atom stereocenters. The van der Waals surface area contributed by atoms with Crippen molar-refractivity contribution >= 4 is 23.6 Å². The number of ether oxygens (including phenoxy) is 1. The van der Waals surface area contributed by atoms with Gasteiger partial charge >= 0.3 is 12.0 Å². The topological polar surface area (TPSA) is 96.5 Å². The molecule has 0 aliphatic carbocycles. The number of carbonyl (C=O) groups excluding carboxylic acids is 3. The fraction of sp³-hybridized carbons (Fsp3) is 0.250. The Morgan fingerprint density at radius 1 is 1.04 bits per heavy atom. The van der Waals surface area contributed by atoms with Crippen molar-refractivity contribution in [3.63, 3.8) is 0 Å². The van der Waals surface area contributed by atoms with Gasteiger partial charge < -0.3 is 20.7 Å². The molecule has 0 spiro atoms. The van der Waals surface area contributed by atoms with E-state index in [-0.39, 0.29) is 18.9 Å². The minimum absolute atomic E-state index is 0.202. The molecule has 28 heavy (non-hydrogen) atoms. The highest BCUT2D eigenvalue weighted by atomic mass is 19.1. The molecule has 0 fully saturated rings. The minimum Gasteiger partial charge on any atom is -0.465 e. The zero-order chi connectivity index (χ0) is 20.7. The maximum Gasteiger partial charge on any atom is 0.338 e. The summed E-state index contributed by atoms with van der Waals surface area (Å²) in [6.07, 6.45) is 0. The van der Waals surface area contributed by atoms with Crippen molar-refractivity contribution in [2.24, 2.45) is 0 Å². The number of carbonyl (C=O) groups is 3. The van der Waals surface area contributed by atoms with Gasteiger partial charge in [0.1, 0.15) is 5.82 Å². The molecule has 3 N–H and O–H groups in total. The average Bonchev–Trinajstić information content (AvgIpc) is 2.68. The number of esters is 1. The van der Waals surface area contributed by atoms with E-state index in [1.807, 2.05) is 6.92 Å². The van der Waals surface area contributed by atoms with Crippen LogP contribution in [0.3, 0.4) is 0 Å². The van der Waals surface area contributed by atoms with Crippen molar-refractivity contribution in [1.29, 1.82) is 0 Å². The van der Waals surface area contributed by atoms with Gasteiger partial charge in [-0.05, 0) is 54.8 Å². The van der Waals surface area contributed by atoms with Gasteiger partial charge in [-0.2, -0.15) is 0 Å². The van der Waals surface area contributed by atoms with E-state index in [4.69, 9.17) is 4.74 Å². The van der Waals surface area contributed by atoms with Crippen LogP contribution in [-0.4, -0.2) is 31.6 Å². The lowest BCUT2D eigenvalue weighted by Gasteiger charge is -2.12. The molecule has 2 aromatic carbocycles. The molecular formula is C20H22FN3O4. The van der Waals surface area contributed by atoms with Gasteiger partial charge in [-0.25, -0.2) is 14.0 Å². The van der Waals surface area contributed by atoms with Crippen molar-refractivity contribution in [2.45, 2.75) is 20.4 Å². The zero-order valence-corrected chi connectivity index (χ0v) is 15.9. The van der Waals surface area contributed by atoms with Gasteiger partial charge in [0, 0.05) is 12.2 Å². The Balaban J connectivity index is 1.86. The molecule has 7 nitrogen and oxygen atoms in total. The summed E-state index contributed by atoms with van der Waals surface area (Å²) in [4.78, 5) is 35.7. The Morgan fingerprint density at radius 3 is 2.36 bits per heavy atom. The molecule has 0 aliphatic rings. The molecule has 0 aliphatic heterocycles. The molecule has 3 amide bonds. The van der Waals surface area contributed by atoms with E-state index in [0.717, 1.165) is 16.7 Å². The summed E-state index contributed by atoms with van der Waals surface area (Å²) in [5, 5.41) is 7.64. The molecule has 0 saturated carbocycles. The van der Waals surface area contributed by atoms with Crippen LogP contribution in [0.5, 0.6) is 0 Å². The van der Waals surface area contributed by atoms with Gasteiger partial charge in [-0.15, -0.1) is 0 Å². The maximum absolute atomic E-state index is 12.8. The number of halogens is 1. The second-order valence-electron chi connectivity index (χ2n) is 6.17. The van der Waals surface area contributed by atoms with Crippen molar-refractivity contribution in [3.8, 4) is 0 Å². The van der Waals surface area contributed by atoms with Gasteiger partial charge in [-0.1, -0.05) is 12.1 Å². The lowest BCUT2D eigenvalue weighted by atomic mass is 10.0. The van der Waals surface area contributed by atoms with Crippen molar-refractivity contribution in [2.75, 3.05) is 19.0 Å². The Labute approximate surface area is 162 Å². The SMILES string of the molecule is COC(=O)c1cc(NC(=O)CNC(=O)NCc2ccc(F)cc2)cc(C)c1C. The Bertz CT molecular complexity index is 882. The number of rotatable bonds is 6. The fourth-order valence-electron chi connectivity index (χ4n) is 2.47. The van der Waals surface area contributed by atoms with Crippen LogP contribution in [0.4, 0.5) is 14.9 Å². The number of hydrogen-bond acceptors (Lipinski definition) is 4. The molecule has 2 rings (SSSR count). The van der Waals surface area contributed by atoms with Gasteiger partial charge in [0.2, 0.25) is 5.91 Å². The highest BCUT2D eigenvalue weighted by Crippen LogP contribution is 2.20. The Morgan fingerprint density at radius 2 is 1.71 bits per heavy atom. The highest BCUT2D eigenvalue weighted by Gasteiger charge is 2.14. The number of nitrogens with one attached hydrogen (secondary N) is 3. The normalized spacial score (nSPS) is 10.1. The molecule has 148 valence electrons. The third-order valence-corrected chi connectivity index (χ3v) is 4.13. The molecule has 2 aromatic rings. The van der Waals surface area contributed by atoms with Gasteiger partial charge in [0.05, 0.1) is 19.2 Å². The number of urea groups is 1. The predicted molar refractivity (Wildman–Crippen MR) is 103 cm³/mol. The smallest absolute Gasteiger partial charge is 0.338 e. The molecule has 0 unspecified atom stereocenters. The first kappa shape index (κ1) is 20.9. The van der Waals surface area contributed by atoms with Gasteiger partial charge in [-0.3, -0.25) is 4.79 Å². The van der Waals surface area contributed by atoms with E-state index >= 15 is 0 Å². The third-order valence-electron chi connectivity index (χ3n) is 4.13. The summed E-state index contributed by atoms with van der Waals surface area (Å²) in [6, 6.07) is 8.44. The first-order valence-corrected chi connectivity index (χ1v) is 8.55. The average molecular weight is 387 g/mol. The van der Waals surface area contributed by atoms with E-state index in [1.165, 1.54) is 25.3 Å². The van der Waals surface area contributed by atoms with Crippen LogP contribution in [0, 0.1) is 19.7 Å². The molecule has 0 heterocycles. The van der Waals surface area contributed by atoms with Crippen molar-refractivity contribution < 1.29 is 23.5 Å². The molecule has 0 aromatic heterocycles. The van der Waals surface area contributed by atoms with Crippen molar-refractivity contribution in [3.05, 3.63) is 64.5 Å². The van der Waals surface area contributed by atoms with E-state index in [1.54, 1.807) is 25.1 Å². The van der Waals surface area contributed by atoms with Gasteiger partial charge in [0.25, 0.3) is 0 Å².